The van der Waals surface area contributed by atoms with Crippen LogP contribution in [0, 0.1) is 0 Å². The number of nitrogens with one attached hydrogen (secondary N) is 1. The van der Waals surface area contributed by atoms with E-state index in [1.165, 1.54) is 5.56 Å². The lowest BCUT2D eigenvalue weighted by atomic mass is 10.1. The lowest BCUT2D eigenvalue weighted by Gasteiger charge is -2.21. The Kier molecular flexibility index (Phi) is 3.64. The van der Waals surface area contributed by atoms with Crippen LogP contribution in [-0.4, -0.2) is 38.1 Å². The average molecular weight is 234 g/mol. The van der Waals surface area contributed by atoms with Crippen LogP contribution >= 0.6 is 0 Å². The number of amides is 1. The molecule has 4 nitrogen and oxygen atoms in total. The summed E-state index contributed by atoms with van der Waals surface area (Å²) in [6.07, 6.45) is 0.573. The SMILES string of the molecule is COc1ccc(C2CN(C)C(=O)CCN2)cc1. The summed E-state index contributed by atoms with van der Waals surface area (Å²) in [4.78, 5) is 13.3. The molecule has 1 aromatic rings. The second-order valence-electron chi connectivity index (χ2n) is 4.30. The molecule has 92 valence electrons. The number of likely N-dealkylation sites (N-methyl/N-ethyl adjacent to an activating group) is 1. The lowest BCUT2D eigenvalue weighted by molar-refractivity contribution is -0.129. The number of carbonyl (C=O) groups is 1. The monoisotopic (exact) mass is 234 g/mol. The van der Waals surface area contributed by atoms with Gasteiger partial charge in [-0.15, -0.1) is 0 Å². The fourth-order valence-corrected chi connectivity index (χ4v) is 2.04. The first-order valence-corrected chi connectivity index (χ1v) is 5.82. The van der Waals surface area contributed by atoms with E-state index in [-0.39, 0.29) is 11.9 Å². The largest absolute Gasteiger partial charge is 0.497 e. The first-order chi connectivity index (χ1) is 8.20. The molecule has 1 aromatic carbocycles. The summed E-state index contributed by atoms with van der Waals surface area (Å²) < 4.78 is 5.13. The Morgan fingerprint density at radius 2 is 2.06 bits per heavy atom. The number of nitrogens with zero attached hydrogens (tertiary/aromatic N) is 1. The highest BCUT2D eigenvalue weighted by atomic mass is 16.5. The normalized spacial score (nSPS) is 21.2. The van der Waals surface area contributed by atoms with Crippen LogP contribution in [0.1, 0.15) is 18.0 Å². The molecule has 0 aromatic heterocycles. The van der Waals surface area contributed by atoms with E-state index in [2.05, 4.69) is 5.32 Å². The van der Waals surface area contributed by atoms with E-state index >= 15 is 0 Å². The molecule has 0 aliphatic carbocycles. The highest BCUT2D eigenvalue weighted by Crippen LogP contribution is 2.19. The zero-order valence-corrected chi connectivity index (χ0v) is 10.3. The maximum Gasteiger partial charge on any atom is 0.223 e. The van der Waals surface area contributed by atoms with E-state index in [1.807, 2.05) is 31.3 Å². The van der Waals surface area contributed by atoms with Crippen LogP contribution in [-0.2, 0) is 4.79 Å². The number of rotatable bonds is 2. The van der Waals surface area contributed by atoms with Gasteiger partial charge in [-0.3, -0.25) is 4.79 Å². The van der Waals surface area contributed by atoms with E-state index in [0.717, 1.165) is 12.3 Å². The van der Waals surface area contributed by atoms with Gasteiger partial charge in [0, 0.05) is 32.6 Å². The van der Waals surface area contributed by atoms with Crippen molar-refractivity contribution in [3.8, 4) is 5.75 Å². The molecule has 1 aliphatic heterocycles. The predicted octanol–water partition coefficient (Wildman–Crippen LogP) is 1.19. The molecule has 1 atom stereocenters. The van der Waals surface area contributed by atoms with Crippen molar-refractivity contribution in [2.45, 2.75) is 12.5 Å². The van der Waals surface area contributed by atoms with E-state index < -0.39 is 0 Å². The molecule has 1 heterocycles. The molecule has 2 rings (SSSR count). The topological polar surface area (TPSA) is 41.6 Å². The van der Waals surface area contributed by atoms with Crippen LogP contribution in [0.15, 0.2) is 24.3 Å². The molecule has 0 radical (unpaired) electrons. The molecule has 1 fully saturated rings. The van der Waals surface area contributed by atoms with Gasteiger partial charge in [-0.05, 0) is 17.7 Å². The number of benzene rings is 1. The van der Waals surface area contributed by atoms with Gasteiger partial charge in [-0.2, -0.15) is 0 Å². The van der Waals surface area contributed by atoms with Gasteiger partial charge in [0.15, 0.2) is 0 Å². The van der Waals surface area contributed by atoms with Gasteiger partial charge < -0.3 is 15.0 Å². The van der Waals surface area contributed by atoms with Crippen LogP contribution in [0.3, 0.4) is 0 Å². The molecule has 1 unspecified atom stereocenters. The summed E-state index contributed by atoms with van der Waals surface area (Å²) in [5.41, 5.74) is 1.19. The molecule has 1 saturated heterocycles. The molecule has 0 spiro atoms. The fraction of sp³-hybridized carbons (Fsp3) is 0.462. The van der Waals surface area contributed by atoms with Crippen LogP contribution < -0.4 is 10.1 Å². The molecular weight excluding hydrogens is 216 g/mol. The first-order valence-electron chi connectivity index (χ1n) is 5.82. The average Bonchev–Trinajstić information content (AvgIpc) is 2.52. The summed E-state index contributed by atoms with van der Waals surface area (Å²) in [6, 6.07) is 8.19. The molecule has 0 bridgehead atoms. The standard InChI is InChI=1S/C13H18N2O2/c1-15-9-12(14-8-7-13(15)16)10-3-5-11(17-2)6-4-10/h3-6,12,14H,7-9H2,1-2H3. The Labute approximate surface area is 102 Å². The van der Waals surface area contributed by atoms with Crippen LogP contribution in [0.25, 0.3) is 0 Å². The van der Waals surface area contributed by atoms with Crippen LogP contribution in [0.4, 0.5) is 0 Å². The minimum absolute atomic E-state index is 0.202. The Hall–Kier alpha value is -1.55. The Morgan fingerprint density at radius 1 is 1.35 bits per heavy atom. The Bertz CT molecular complexity index is 389. The summed E-state index contributed by atoms with van der Waals surface area (Å²) in [5, 5.41) is 3.39. The van der Waals surface area contributed by atoms with Crippen LogP contribution in [0.2, 0.25) is 0 Å². The third kappa shape index (κ3) is 2.77. The molecule has 1 amide bonds. The Balaban J connectivity index is 2.12. The van der Waals surface area contributed by atoms with E-state index in [4.69, 9.17) is 4.74 Å². The fourth-order valence-electron chi connectivity index (χ4n) is 2.04. The minimum atomic E-state index is 0.202. The van der Waals surface area contributed by atoms with Gasteiger partial charge in [0.2, 0.25) is 5.91 Å². The first kappa shape index (κ1) is 11.9. The highest BCUT2D eigenvalue weighted by Gasteiger charge is 2.20. The number of carbonyl (C=O) groups excluding carboxylic acids is 1. The van der Waals surface area contributed by atoms with Gasteiger partial charge in [-0.25, -0.2) is 0 Å². The number of ether oxygens (including phenoxy) is 1. The molecule has 4 heteroatoms. The third-order valence-corrected chi connectivity index (χ3v) is 3.13. The van der Waals surface area contributed by atoms with Crippen molar-refractivity contribution in [1.29, 1.82) is 0 Å². The molecule has 1 N–H and O–H groups in total. The van der Waals surface area contributed by atoms with Gasteiger partial charge >= 0.3 is 0 Å². The molecule has 0 saturated carbocycles. The van der Waals surface area contributed by atoms with E-state index in [0.29, 0.717) is 13.0 Å². The summed E-state index contributed by atoms with van der Waals surface area (Å²) in [5.74, 6) is 1.06. The van der Waals surface area contributed by atoms with Gasteiger partial charge in [-0.1, -0.05) is 12.1 Å². The molecular formula is C13H18N2O2. The van der Waals surface area contributed by atoms with Crippen molar-refractivity contribution in [1.82, 2.24) is 10.2 Å². The molecule has 17 heavy (non-hydrogen) atoms. The second kappa shape index (κ2) is 5.19. The zero-order chi connectivity index (χ0) is 12.3. The van der Waals surface area contributed by atoms with Crippen molar-refractivity contribution < 1.29 is 9.53 Å². The zero-order valence-electron chi connectivity index (χ0n) is 10.3. The summed E-state index contributed by atoms with van der Waals surface area (Å²) in [7, 11) is 3.51. The van der Waals surface area contributed by atoms with Crippen molar-refractivity contribution >= 4 is 5.91 Å². The number of hydrogen-bond acceptors (Lipinski definition) is 3. The smallest absolute Gasteiger partial charge is 0.223 e. The van der Waals surface area contributed by atoms with Crippen LogP contribution in [0.5, 0.6) is 5.75 Å². The number of methoxy groups -OCH3 is 1. The van der Waals surface area contributed by atoms with Crippen molar-refractivity contribution in [3.63, 3.8) is 0 Å². The van der Waals surface area contributed by atoms with Gasteiger partial charge in [0.05, 0.1) is 7.11 Å². The third-order valence-electron chi connectivity index (χ3n) is 3.13. The summed E-state index contributed by atoms with van der Waals surface area (Å²) in [6.45, 7) is 1.45. The van der Waals surface area contributed by atoms with Gasteiger partial charge in [0.1, 0.15) is 5.75 Å². The predicted molar refractivity (Wildman–Crippen MR) is 66.0 cm³/mol. The second-order valence-corrected chi connectivity index (χ2v) is 4.30. The lowest BCUT2D eigenvalue weighted by Crippen LogP contribution is -2.30. The van der Waals surface area contributed by atoms with E-state index in [9.17, 15) is 4.79 Å². The Morgan fingerprint density at radius 3 is 2.71 bits per heavy atom. The molecule has 1 aliphatic rings. The van der Waals surface area contributed by atoms with Crippen molar-refractivity contribution in [2.24, 2.45) is 0 Å². The quantitative estimate of drug-likeness (QED) is 0.835. The minimum Gasteiger partial charge on any atom is -0.497 e. The van der Waals surface area contributed by atoms with E-state index in [1.54, 1.807) is 12.0 Å². The summed E-state index contributed by atoms with van der Waals surface area (Å²) >= 11 is 0. The van der Waals surface area contributed by atoms with Crippen molar-refractivity contribution in [2.75, 3.05) is 27.2 Å². The highest BCUT2D eigenvalue weighted by molar-refractivity contribution is 5.76. The van der Waals surface area contributed by atoms with Crippen molar-refractivity contribution in [3.05, 3.63) is 29.8 Å². The maximum absolute atomic E-state index is 11.6. The number of hydrogen-bond donors (Lipinski definition) is 1. The maximum atomic E-state index is 11.6. The van der Waals surface area contributed by atoms with Gasteiger partial charge in [0.25, 0.3) is 0 Å².